The Labute approximate surface area is 139 Å². The molecule has 0 aromatic rings. The smallest absolute Gasteiger partial charge is 0.318 e. The molecule has 132 valence electrons. The van der Waals surface area contributed by atoms with Gasteiger partial charge in [-0.2, -0.15) is 0 Å². The SMILES string of the molecule is CCC(=O)ON=C1/C(=N/OC(=O)CC)CCC/C1=N\OC(=O)CC. The van der Waals surface area contributed by atoms with E-state index in [2.05, 4.69) is 15.5 Å². The van der Waals surface area contributed by atoms with Crippen LogP contribution in [0.5, 0.6) is 0 Å². The van der Waals surface area contributed by atoms with Crippen molar-refractivity contribution < 1.29 is 28.9 Å². The Kier molecular flexibility index (Phi) is 8.31. The van der Waals surface area contributed by atoms with Crippen molar-refractivity contribution in [3.8, 4) is 0 Å². The third-order valence-corrected chi connectivity index (χ3v) is 2.99. The van der Waals surface area contributed by atoms with E-state index < -0.39 is 17.9 Å². The van der Waals surface area contributed by atoms with Gasteiger partial charge in [0.25, 0.3) is 0 Å². The van der Waals surface area contributed by atoms with Crippen molar-refractivity contribution in [3.63, 3.8) is 0 Å². The summed E-state index contributed by atoms with van der Waals surface area (Å²) in [7, 11) is 0. The van der Waals surface area contributed by atoms with Crippen LogP contribution in [-0.2, 0) is 28.9 Å². The van der Waals surface area contributed by atoms with E-state index in [1.807, 2.05) is 0 Å². The summed E-state index contributed by atoms with van der Waals surface area (Å²) in [5, 5.41) is 11.3. The van der Waals surface area contributed by atoms with Crippen LogP contribution in [0, 0.1) is 0 Å². The van der Waals surface area contributed by atoms with Crippen molar-refractivity contribution >= 4 is 35.0 Å². The Morgan fingerprint density at radius 1 is 0.750 bits per heavy atom. The van der Waals surface area contributed by atoms with Crippen LogP contribution in [0.1, 0.15) is 59.3 Å². The van der Waals surface area contributed by atoms with Crippen molar-refractivity contribution in [1.29, 1.82) is 0 Å². The Morgan fingerprint density at radius 2 is 1.12 bits per heavy atom. The number of hydrogen-bond acceptors (Lipinski definition) is 9. The predicted octanol–water partition coefficient (Wildman–Crippen LogP) is 2.10. The van der Waals surface area contributed by atoms with Crippen molar-refractivity contribution in [2.45, 2.75) is 59.3 Å². The minimum atomic E-state index is -0.539. The number of hydrogen-bond donors (Lipinski definition) is 0. The van der Waals surface area contributed by atoms with Gasteiger partial charge in [0.05, 0.1) is 0 Å². The van der Waals surface area contributed by atoms with Gasteiger partial charge >= 0.3 is 17.9 Å². The van der Waals surface area contributed by atoms with E-state index in [1.165, 1.54) is 0 Å². The maximum absolute atomic E-state index is 11.3. The molecule has 1 rings (SSSR count). The van der Waals surface area contributed by atoms with Crippen LogP contribution in [0.2, 0.25) is 0 Å². The second-order valence-electron chi connectivity index (χ2n) is 4.82. The highest BCUT2D eigenvalue weighted by molar-refractivity contribution is 6.69. The van der Waals surface area contributed by atoms with E-state index in [0.29, 0.717) is 30.7 Å². The lowest BCUT2D eigenvalue weighted by Gasteiger charge is -2.15. The summed E-state index contributed by atoms with van der Waals surface area (Å²) in [6, 6.07) is 0. The molecule has 0 atom stereocenters. The highest BCUT2D eigenvalue weighted by Gasteiger charge is 2.25. The Balaban J connectivity index is 3.05. The Hall–Kier alpha value is -2.58. The van der Waals surface area contributed by atoms with Crippen LogP contribution >= 0.6 is 0 Å². The summed E-state index contributed by atoms with van der Waals surface area (Å²) in [5.74, 6) is -1.55. The zero-order valence-electron chi connectivity index (χ0n) is 14.0. The Bertz CT molecular complexity index is 542. The highest BCUT2D eigenvalue weighted by Crippen LogP contribution is 2.14. The van der Waals surface area contributed by atoms with Gasteiger partial charge in [-0.15, -0.1) is 0 Å². The van der Waals surface area contributed by atoms with E-state index in [4.69, 9.17) is 14.5 Å². The molecule has 9 nitrogen and oxygen atoms in total. The minimum Gasteiger partial charge on any atom is -0.318 e. The predicted molar refractivity (Wildman–Crippen MR) is 85.3 cm³/mol. The largest absolute Gasteiger partial charge is 0.334 e. The first-order valence-corrected chi connectivity index (χ1v) is 7.83. The fourth-order valence-electron chi connectivity index (χ4n) is 1.61. The molecule has 0 aromatic carbocycles. The third-order valence-electron chi connectivity index (χ3n) is 2.99. The molecule has 0 saturated heterocycles. The first-order chi connectivity index (χ1) is 11.5. The lowest BCUT2D eigenvalue weighted by molar-refractivity contribution is -0.144. The average molecular weight is 339 g/mol. The van der Waals surface area contributed by atoms with E-state index in [9.17, 15) is 14.4 Å². The zero-order chi connectivity index (χ0) is 17.9. The molecule has 24 heavy (non-hydrogen) atoms. The molecular weight excluding hydrogens is 318 g/mol. The number of oxime groups is 3. The fraction of sp³-hybridized carbons (Fsp3) is 0.600. The summed E-state index contributed by atoms with van der Waals surface area (Å²) < 4.78 is 0. The van der Waals surface area contributed by atoms with Gasteiger partial charge < -0.3 is 14.5 Å². The highest BCUT2D eigenvalue weighted by atomic mass is 16.7. The zero-order valence-corrected chi connectivity index (χ0v) is 14.0. The second kappa shape index (κ2) is 10.2. The molecule has 0 aromatic heterocycles. The maximum atomic E-state index is 11.3. The van der Waals surface area contributed by atoms with Gasteiger partial charge in [0, 0.05) is 19.3 Å². The first kappa shape index (κ1) is 19.5. The molecule has 0 unspecified atom stereocenters. The summed E-state index contributed by atoms with van der Waals surface area (Å²) >= 11 is 0. The fourth-order valence-corrected chi connectivity index (χ4v) is 1.61. The minimum absolute atomic E-state index is 0.135. The molecular formula is C15H21N3O6. The van der Waals surface area contributed by atoms with Crippen LogP contribution in [0.4, 0.5) is 0 Å². The average Bonchev–Trinajstić information content (AvgIpc) is 2.62. The molecule has 0 heterocycles. The second-order valence-corrected chi connectivity index (χ2v) is 4.82. The third kappa shape index (κ3) is 6.27. The molecule has 0 radical (unpaired) electrons. The van der Waals surface area contributed by atoms with Crippen molar-refractivity contribution in [3.05, 3.63) is 0 Å². The molecule has 0 amide bonds. The van der Waals surface area contributed by atoms with Gasteiger partial charge in [-0.3, -0.25) is 0 Å². The van der Waals surface area contributed by atoms with E-state index >= 15 is 0 Å². The van der Waals surface area contributed by atoms with Crippen LogP contribution in [0.25, 0.3) is 0 Å². The van der Waals surface area contributed by atoms with Gasteiger partial charge in [0.1, 0.15) is 11.4 Å². The first-order valence-electron chi connectivity index (χ1n) is 7.83. The van der Waals surface area contributed by atoms with E-state index in [0.717, 1.165) is 0 Å². The molecule has 9 heteroatoms. The summed E-state index contributed by atoms with van der Waals surface area (Å²) in [4.78, 5) is 48.1. The number of rotatable bonds is 6. The van der Waals surface area contributed by atoms with Crippen LogP contribution in [-0.4, -0.2) is 35.0 Å². The number of nitrogens with zero attached hydrogens (tertiary/aromatic N) is 3. The van der Waals surface area contributed by atoms with Crippen LogP contribution < -0.4 is 0 Å². The van der Waals surface area contributed by atoms with Crippen molar-refractivity contribution in [1.82, 2.24) is 0 Å². The molecule has 1 saturated carbocycles. The maximum Gasteiger partial charge on any atom is 0.334 e. The van der Waals surface area contributed by atoms with Crippen molar-refractivity contribution in [2.75, 3.05) is 0 Å². The van der Waals surface area contributed by atoms with E-state index in [1.54, 1.807) is 20.8 Å². The summed E-state index contributed by atoms with van der Waals surface area (Å²) in [5.41, 5.74) is 0.743. The van der Waals surface area contributed by atoms with Gasteiger partial charge in [0.15, 0.2) is 5.71 Å². The van der Waals surface area contributed by atoms with Gasteiger partial charge in [0.2, 0.25) is 0 Å². The Morgan fingerprint density at radius 3 is 1.50 bits per heavy atom. The van der Waals surface area contributed by atoms with Gasteiger partial charge in [-0.25, -0.2) is 14.4 Å². The lowest BCUT2D eigenvalue weighted by Crippen LogP contribution is -2.31. The molecule has 0 aliphatic heterocycles. The van der Waals surface area contributed by atoms with Crippen LogP contribution in [0.15, 0.2) is 15.5 Å². The normalized spacial score (nSPS) is 17.5. The summed E-state index contributed by atoms with van der Waals surface area (Å²) in [6.45, 7) is 4.90. The quantitative estimate of drug-likeness (QED) is 0.540. The van der Waals surface area contributed by atoms with Gasteiger partial charge in [-0.05, 0) is 19.3 Å². The standard InChI is InChI=1S/C15H21N3O6/c1-4-12(19)22-16-10-8-7-9-11(17-23-13(20)5-2)15(10)18-24-14(21)6-3/h4-9H2,1-3H3/b16-10+,17-11+. The summed E-state index contributed by atoms with van der Waals surface area (Å²) in [6.07, 6.45) is 2.05. The molecule has 1 fully saturated rings. The number of carbonyl (C=O) groups is 3. The molecule has 0 bridgehead atoms. The number of carbonyl (C=O) groups excluding carboxylic acids is 3. The van der Waals surface area contributed by atoms with E-state index in [-0.39, 0.29) is 25.0 Å². The molecule has 1 aliphatic rings. The molecule has 1 aliphatic carbocycles. The van der Waals surface area contributed by atoms with Crippen molar-refractivity contribution in [2.24, 2.45) is 15.5 Å². The van der Waals surface area contributed by atoms with Gasteiger partial charge in [-0.1, -0.05) is 36.2 Å². The van der Waals surface area contributed by atoms with Crippen LogP contribution in [0.3, 0.4) is 0 Å². The topological polar surface area (TPSA) is 116 Å². The monoisotopic (exact) mass is 339 g/mol. The lowest BCUT2D eigenvalue weighted by atomic mass is 9.94. The molecule has 0 N–H and O–H groups in total. The molecule has 0 spiro atoms.